The number of halogens is 1. The molecule has 9 nitrogen and oxygen atoms in total. The molecular weight excluding hydrogens is 515 g/mol. The zero-order valence-corrected chi connectivity index (χ0v) is 21.9. The monoisotopic (exact) mass is 538 g/mol. The van der Waals surface area contributed by atoms with Crippen LogP contribution in [0.15, 0.2) is 72.3 Å². The molecule has 3 N–H and O–H groups in total. The van der Waals surface area contributed by atoms with E-state index in [0.29, 0.717) is 40.2 Å². The molecule has 0 radical (unpaired) electrons. The molecule has 6 rings (SSSR count). The normalized spacial score (nSPS) is 12.2. The van der Waals surface area contributed by atoms with Gasteiger partial charge in [0.15, 0.2) is 0 Å². The summed E-state index contributed by atoms with van der Waals surface area (Å²) < 4.78 is 15.3. The van der Waals surface area contributed by atoms with Crippen molar-refractivity contribution in [3.63, 3.8) is 0 Å². The van der Waals surface area contributed by atoms with Gasteiger partial charge in [-0.05, 0) is 55.3 Å². The Labute approximate surface area is 226 Å². The Bertz CT molecular complexity index is 1920. The van der Waals surface area contributed by atoms with E-state index in [4.69, 9.17) is 5.73 Å². The Balaban J connectivity index is 1.28. The van der Waals surface area contributed by atoms with Gasteiger partial charge in [-0.1, -0.05) is 12.1 Å². The average molecular weight is 539 g/mol. The average Bonchev–Trinajstić information content (AvgIpc) is 3.42. The molecule has 0 saturated carbocycles. The minimum Gasteiger partial charge on any atom is -0.383 e. The van der Waals surface area contributed by atoms with Crippen molar-refractivity contribution in [1.82, 2.24) is 29.5 Å². The molecule has 5 aromatic heterocycles. The van der Waals surface area contributed by atoms with Gasteiger partial charge in [0.25, 0.3) is 5.56 Å². The summed E-state index contributed by atoms with van der Waals surface area (Å²) in [5.41, 5.74) is 9.14. The smallest absolute Gasteiger partial charge is 0.265 e. The molecule has 0 amide bonds. The molecule has 0 saturated heterocycles. The molecule has 0 bridgehead atoms. The molecule has 6 aromatic rings. The number of nitrogens with two attached hydrogens (primary N) is 1. The van der Waals surface area contributed by atoms with Gasteiger partial charge >= 0.3 is 0 Å². The zero-order chi connectivity index (χ0) is 27.1. The quantitative estimate of drug-likeness (QED) is 0.300. The summed E-state index contributed by atoms with van der Waals surface area (Å²) in [6, 6.07) is 12.1. The van der Waals surface area contributed by atoms with E-state index in [1.54, 1.807) is 53.4 Å². The maximum Gasteiger partial charge on any atom is 0.265 e. The lowest BCUT2D eigenvalue weighted by molar-refractivity contribution is 0.595. The molecule has 5 heterocycles. The van der Waals surface area contributed by atoms with Crippen LogP contribution >= 0.6 is 11.3 Å². The molecule has 39 heavy (non-hydrogen) atoms. The number of thiophene rings is 1. The Hall–Kier alpha value is -4.77. The summed E-state index contributed by atoms with van der Waals surface area (Å²) in [4.78, 5) is 37.3. The number of rotatable bonds is 6. The van der Waals surface area contributed by atoms with Crippen molar-refractivity contribution in [2.45, 2.75) is 26.4 Å². The molecule has 0 fully saturated rings. The van der Waals surface area contributed by atoms with E-state index in [1.165, 1.54) is 18.7 Å². The first-order chi connectivity index (χ1) is 18.9. The second-order valence-corrected chi connectivity index (χ2v) is 10.3. The molecular formula is C28H23FN8OS. The standard InChI is InChI=1S/C28H23FN8OS/c1-15-9-17(3-5-20(15)29)16(2)37-14-36-21-7-8-31-27(25(21)28(37)38)33-11-18-4-6-24(39-18)22-10-19-23(12-32-22)34-13-35-26(19)30/h3-10,12-14,16H,11H2,1-2H3,(H,31,33)(H2,30,34,35)/t16-/m0/s1. The van der Waals surface area contributed by atoms with Gasteiger partial charge in [0, 0.05) is 16.5 Å². The predicted octanol–water partition coefficient (Wildman–Crippen LogP) is 5.11. The number of fused-ring (bicyclic) bond motifs is 2. The van der Waals surface area contributed by atoms with Crippen molar-refractivity contribution >= 4 is 44.8 Å². The molecule has 0 aliphatic carbocycles. The van der Waals surface area contributed by atoms with Crippen LogP contribution in [-0.2, 0) is 6.54 Å². The lowest BCUT2D eigenvalue weighted by atomic mass is 10.1. The topological polar surface area (TPSA) is 124 Å². The number of pyridine rings is 2. The van der Waals surface area contributed by atoms with Crippen LogP contribution in [0.25, 0.3) is 32.4 Å². The third kappa shape index (κ3) is 4.57. The van der Waals surface area contributed by atoms with E-state index in [9.17, 15) is 9.18 Å². The molecule has 0 aliphatic heterocycles. The summed E-state index contributed by atoms with van der Waals surface area (Å²) in [5.74, 6) is 0.578. The third-order valence-corrected chi connectivity index (χ3v) is 7.78. The van der Waals surface area contributed by atoms with Crippen LogP contribution in [0, 0.1) is 12.7 Å². The van der Waals surface area contributed by atoms with E-state index in [2.05, 4.69) is 30.2 Å². The number of hydrogen-bond acceptors (Lipinski definition) is 9. The number of benzene rings is 1. The SMILES string of the molecule is Cc1cc([C@H](C)n2cnc3ccnc(NCc4ccc(-c5cc6c(N)ncnc6cn5)s4)c3c2=O)ccc1F. The van der Waals surface area contributed by atoms with Crippen molar-refractivity contribution in [2.24, 2.45) is 0 Å². The maximum atomic E-state index is 13.8. The second kappa shape index (κ2) is 9.84. The highest BCUT2D eigenvalue weighted by atomic mass is 32.1. The van der Waals surface area contributed by atoms with Gasteiger partial charge in [0.1, 0.15) is 29.2 Å². The fourth-order valence-electron chi connectivity index (χ4n) is 4.47. The molecule has 1 aromatic carbocycles. The van der Waals surface area contributed by atoms with Crippen LogP contribution in [0.1, 0.15) is 29.0 Å². The second-order valence-electron chi connectivity index (χ2n) is 9.16. The van der Waals surface area contributed by atoms with Crippen LogP contribution in [0.5, 0.6) is 0 Å². The van der Waals surface area contributed by atoms with Gasteiger partial charge in [-0.15, -0.1) is 11.3 Å². The number of anilines is 2. The third-order valence-electron chi connectivity index (χ3n) is 6.68. The number of nitrogens with one attached hydrogen (secondary N) is 1. The number of nitrogen functional groups attached to an aromatic ring is 1. The number of nitrogens with zero attached hydrogens (tertiary/aromatic N) is 6. The Kier molecular flexibility index (Phi) is 6.20. The van der Waals surface area contributed by atoms with Crippen LogP contribution in [0.3, 0.4) is 0 Å². The molecule has 0 unspecified atom stereocenters. The predicted molar refractivity (Wildman–Crippen MR) is 151 cm³/mol. The number of aryl methyl sites for hydroxylation is 1. The lowest BCUT2D eigenvalue weighted by Crippen LogP contribution is -2.25. The van der Waals surface area contributed by atoms with Crippen LogP contribution in [-0.4, -0.2) is 29.5 Å². The summed E-state index contributed by atoms with van der Waals surface area (Å²) in [7, 11) is 0. The molecule has 11 heteroatoms. The highest BCUT2D eigenvalue weighted by Gasteiger charge is 2.16. The first-order valence-electron chi connectivity index (χ1n) is 12.2. The molecule has 1 atom stereocenters. The largest absolute Gasteiger partial charge is 0.383 e. The van der Waals surface area contributed by atoms with Crippen molar-refractivity contribution in [1.29, 1.82) is 0 Å². The number of hydrogen-bond donors (Lipinski definition) is 2. The van der Waals surface area contributed by atoms with Crippen molar-refractivity contribution in [3.05, 3.63) is 99.7 Å². The van der Waals surface area contributed by atoms with E-state index >= 15 is 0 Å². The molecule has 0 spiro atoms. The van der Waals surface area contributed by atoms with E-state index < -0.39 is 0 Å². The summed E-state index contributed by atoms with van der Waals surface area (Å²) in [5, 5.41) is 4.46. The van der Waals surface area contributed by atoms with Gasteiger partial charge in [-0.3, -0.25) is 14.3 Å². The summed E-state index contributed by atoms with van der Waals surface area (Å²) in [6.45, 7) is 4.05. The fraction of sp³-hybridized carbons (Fsp3) is 0.143. The lowest BCUT2D eigenvalue weighted by Gasteiger charge is -2.17. The van der Waals surface area contributed by atoms with Gasteiger partial charge in [-0.25, -0.2) is 24.3 Å². The minimum atomic E-state index is -0.337. The Morgan fingerprint density at radius 3 is 2.77 bits per heavy atom. The molecule has 0 aliphatic rings. The number of aromatic nitrogens is 6. The van der Waals surface area contributed by atoms with E-state index in [-0.39, 0.29) is 17.4 Å². The van der Waals surface area contributed by atoms with Crippen LogP contribution in [0.4, 0.5) is 16.0 Å². The van der Waals surface area contributed by atoms with E-state index in [0.717, 1.165) is 26.4 Å². The minimum absolute atomic E-state index is 0.225. The molecule has 194 valence electrons. The van der Waals surface area contributed by atoms with Gasteiger partial charge in [0.2, 0.25) is 0 Å². The maximum absolute atomic E-state index is 13.8. The zero-order valence-electron chi connectivity index (χ0n) is 21.1. The first kappa shape index (κ1) is 24.6. The van der Waals surface area contributed by atoms with Gasteiger partial charge < -0.3 is 11.1 Å². The van der Waals surface area contributed by atoms with Crippen LogP contribution < -0.4 is 16.6 Å². The van der Waals surface area contributed by atoms with Gasteiger partial charge in [-0.2, -0.15) is 0 Å². The van der Waals surface area contributed by atoms with E-state index in [1.807, 2.05) is 25.1 Å². The Morgan fingerprint density at radius 2 is 1.92 bits per heavy atom. The van der Waals surface area contributed by atoms with Crippen molar-refractivity contribution in [2.75, 3.05) is 11.1 Å². The van der Waals surface area contributed by atoms with Crippen molar-refractivity contribution in [3.8, 4) is 10.6 Å². The Morgan fingerprint density at radius 1 is 1.05 bits per heavy atom. The summed E-state index contributed by atoms with van der Waals surface area (Å²) >= 11 is 1.57. The fourth-order valence-corrected chi connectivity index (χ4v) is 5.38. The van der Waals surface area contributed by atoms with Crippen molar-refractivity contribution < 1.29 is 4.39 Å². The van der Waals surface area contributed by atoms with Crippen LogP contribution in [0.2, 0.25) is 0 Å². The summed E-state index contributed by atoms with van der Waals surface area (Å²) in [6.07, 6.45) is 6.26. The highest BCUT2D eigenvalue weighted by molar-refractivity contribution is 7.15. The highest BCUT2D eigenvalue weighted by Crippen LogP contribution is 2.30. The van der Waals surface area contributed by atoms with Gasteiger partial charge in [0.05, 0.1) is 46.7 Å². The first-order valence-corrected chi connectivity index (χ1v) is 13.0.